The van der Waals surface area contributed by atoms with Crippen LogP contribution in [0.1, 0.15) is 6.92 Å². The van der Waals surface area contributed by atoms with E-state index < -0.39 is 11.8 Å². The average molecular weight is 471 g/mol. The highest BCUT2D eigenvalue weighted by atomic mass is 35.5. The Bertz CT molecular complexity index is 1330. The minimum Gasteiger partial charge on any atom is -0.508 e. The molecule has 0 fully saturated rings. The lowest BCUT2D eigenvalue weighted by atomic mass is 10.1. The number of hydrogen-bond donors (Lipinski definition) is 2. The number of nitrogens with zero attached hydrogens (tertiary/aromatic N) is 3. The summed E-state index contributed by atoms with van der Waals surface area (Å²) in [7, 11) is 0. The summed E-state index contributed by atoms with van der Waals surface area (Å²) < 4.78 is 0. The molecule has 2 N–H and O–H groups in total. The molecule has 10 heteroatoms. The van der Waals surface area contributed by atoms with Crippen molar-refractivity contribution in [3.05, 3.63) is 58.8 Å². The number of anilines is 1. The van der Waals surface area contributed by atoms with Crippen molar-refractivity contribution in [3.63, 3.8) is 0 Å². The van der Waals surface area contributed by atoms with Gasteiger partial charge in [-0.2, -0.15) is 5.01 Å². The maximum atomic E-state index is 12.4. The lowest BCUT2D eigenvalue weighted by molar-refractivity contribution is -0.135. The summed E-state index contributed by atoms with van der Waals surface area (Å²) in [6.45, 7) is 1.60. The van der Waals surface area contributed by atoms with Crippen molar-refractivity contribution < 1.29 is 14.7 Å². The number of aromatic hydroxyl groups is 1. The van der Waals surface area contributed by atoms with Crippen molar-refractivity contribution in [2.24, 2.45) is 0 Å². The maximum absolute atomic E-state index is 12.4. The van der Waals surface area contributed by atoms with Crippen LogP contribution in [0.2, 0.25) is 0 Å². The first-order chi connectivity index (χ1) is 14.5. The number of nitrogens with one attached hydrogen (secondary N) is 1. The number of phenols is 1. The number of aromatic nitrogens is 2. The molecule has 4 heterocycles. The van der Waals surface area contributed by atoms with Gasteiger partial charge in [0, 0.05) is 22.6 Å². The third-order valence-corrected chi connectivity index (χ3v) is 6.41. The molecule has 0 unspecified atom stereocenters. The number of hydrogen-bond acceptors (Lipinski definition) is 8. The van der Waals surface area contributed by atoms with Crippen LogP contribution < -0.4 is 5.43 Å². The van der Waals surface area contributed by atoms with E-state index in [9.17, 15) is 14.7 Å². The van der Waals surface area contributed by atoms with Gasteiger partial charge in [-0.25, -0.2) is 9.97 Å². The Morgan fingerprint density at radius 1 is 1.06 bits per heavy atom. The van der Waals surface area contributed by atoms with Crippen LogP contribution in [-0.4, -0.2) is 31.9 Å². The van der Waals surface area contributed by atoms with Gasteiger partial charge in [-0.1, -0.05) is 18.2 Å². The topological polar surface area (TPSA) is 95.4 Å². The van der Waals surface area contributed by atoms with Gasteiger partial charge < -0.3 is 5.11 Å². The molecule has 0 saturated carbocycles. The number of halogens is 1. The van der Waals surface area contributed by atoms with Crippen LogP contribution in [0.15, 0.2) is 58.8 Å². The zero-order valence-electron chi connectivity index (χ0n) is 16.0. The Morgan fingerprint density at radius 3 is 2.48 bits per heavy atom. The van der Waals surface area contributed by atoms with Crippen molar-refractivity contribution in [3.8, 4) is 27.6 Å². The summed E-state index contributed by atoms with van der Waals surface area (Å²) in [4.78, 5) is 35.6. The van der Waals surface area contributed by atoms with Crippen LogP contribution >= 0.6 is 35.1 Å². The Kier molecular flexibility index (Phi) is 5.48. The molecule has 1 aliphatic rings. The summed E-state index contributed by atoms with van der Waals surface area (Å²) in [6, 6.07) is 10.6. The number of carbonyl (C=O) groups excluding carboxylic acids is 2. The Hall–Kier alpha value is -3.27. The summed E-state index contributed by atoms with van der Waals surface area (Å²) in [6.07, 6.45) is 1.29. The zero-order chi connectivity index (χ0) is 20.8. The maximum Gasteiger partial charge on any atom is 0.275 e. The highest BCUT2D eigenvalue weighted by molar-refractivity contribution is 7.17. The van der Waals surface area contributed by atoms with E-state index in [0.29, 0.717) is 22.6 Å². The fourth-order valence-electron chi connectivity index (χ4n) is 3.19. The number of fused-ring (bicyclic) bond motifs is 1. The minimum atomic E-state index is -0.441. The Morgan fingerprint density at radius 2 is 1.84 bits per heavy atom. The first kappa shape index (κ1) is 21.0. The van der Waals surface area contributed by atoms with Crippen LogP contribution in [0.5, 0.6) is 5.75 Å². The van der Waals surface area contributed by atoms with E-state index in [1.165, 1.54) is 28.7 Å². The number of benzene rings is 1. The van der Waals surface area contributed by atoms with E-state index in [2.05, 4.69) is 10.4 Å². The van der Waals surface area contributed by atoms with Crippen molar-refractivity contribution in [2.45, 2.75) is 6.92 Å². The van der Waals surface area contributed by atoms with Gasteiger partial charge in [0.2, 0.25) is 0 Å². The average Bonchev–Trinajstić information content (AvgIpc) is 3.46. The van der Waals surface area contributed by atoms with Gasteiger partial charge in [0.1, 0.15) is 10.6 Å². The van der Waals surface area contributed by atoms with Crippen LogP contribution in [0, 0.1) is 0 Å². The molecule has 1 aromatic carbocycles. The summed E-state index contributed by atoms with van der Waals surface area (Å²) in [5.74, 6) is 0.206. The number of rotatable bonds is 4. The van der Waals surface area contributed by atoms with Crippen molar-refractivity contribution >= 4 is 62.9 Å². The molecule has 156 valence electrons. The van der Waals surface area contributed by atoms with Crippen molar-refractivity contribution in [2.75, 3.05) is 5.43 Å². The SMILES string of the molecule is CC1=CC(=O)N(Nc2nc(-c3cccs3)nc3scc(-c4ccc(O)cc4)c23)C1=O.Cl. The molecule has 0 saturated heterocycles. The highest BCUT2D eigenvalue weighted by Gasteiger charge is 2.30. The molecule has 0 spiro atoms. The molecular formula is C21H15ClN4O3S2. The van der Waals surface area contributed by atoms with Gasteiger partial charge >= 0.3 is 0 Å². The first-order valence-electron chi connectivity index (χ1n) is 8.97. The summed E-state index contributed by atoms with van der Waals surface area (Å²) in [5.41, 5.74) is 4.99. The van der Waals surface area contributed by atoms with Crippen LogP contribution in [-0.2, 0) is 9.59 Å². The number of amides is 2. The minimum absolute atomic E-state index is 0. The summed E-state index contributed by atoms with van der Waals surface area (Å²) in [5, 5.41) is 15.2. The Labute approximate surface area is 191 Å². The quantitative estimate of drug-likeness (QED) is 0.414. The second kappa shape index (κ2) is 8.10. The normalized spacial score (nSPS) is 13.5. The van der Waals surface area contributed by atoms with Gasteiger partial charge in [-0.15, -0.1) is 35.1 Å². The standard InChI is InChI=1S/C21H14N4O3S2.ClH/c1-11-9-16(27)25(21(11)28)24-19-17-14(12-4-6-13(26)7-5-12)10-30-20(17)23-18(22-19)15-3-2-8-29-15;/h2-10,26H,1H3,(H,22,23,24);1H. The molecule has 0 atom stereocenters. The lowest BCUT2D eigenvalue weighted by Gasteiger charge is -2.18. The summed E-state index contributed by atoms with van der Waals surface area (Å²) >= 11 is 2.96. The lowest BCUT2D eigenvalue weighted by Crippen LogP contribution is -2.36. The number of phenolic OH excluding ortho intramolecular Hbond substituents is 1. The molecule has 0 radical (unpaired) electrons. The van der Waals surface area contributed by atoms with Crippen LogP contribution in [0.3, 0.4) is 0 Å². The highest BCUT2D eigenvalue weighted by Crippen LogP contribution is 2.39. The monoisotopic (exact) mass is 470 g/mol. The first-order valence-corrected chi connectivity index (χ1v) is 10.7. The largest absolute Gasteiger partial charge is 0.508 e. The van der Waals surface area contributed by atoms with Gasteiger partial charge in [-0.3, -0.25) is 15.0 Å². The van der Waals surface area contributed by atoms with E-state index in [1.54, 1.807) is 31.2 Å². The third-order valence-electron chi connectivity index (χ3n) is 4.67. The van der Waals surface area contributed by atoms with E-state index in [4.69, 9.17) is 4.98 Å². The smallest absolute Gasteiger partial charge is 0.275 e. The molecule has 3 aromatic heterocycles. The second-order valence-electron chi connectivity index (χ2n) is 6.67. The molecule has 7 nitrogen and oxygen atoms in total. The number of carbonyl (C=O) groups is 2. The molecule has 0 aliphatic carbocycles. The molecule has 5 rings (SSSR count). The van der Waals surface area contributed by atoms with Gasteiger partial charge in [0.05, 0.1) is 10.3 Å². The second-order valence-corrected chi connectivity index (χ2v) is 8.47. The van der Waals surface area contributed by atoms with Gasteiger partial charge in [0.15, 0.2) is 11.6 Å². The van der Waals surface area contributed by atoms with E-state index in [1.807, 2.05) is 22.9 Å². The molecule has 0 bridgehead atoms. The van der Waals surface area contributed by atoms with E-state index in [-0.39, 0.29) is 18.2 Å². The van der Waals surface area contributed by atoms with Crippen molar-refractivity contribution in [1.82, 2.24) is 15.0 Å². The predicted octanol–water partition coefficient (Wildman–Crippen LogP) is 4.86. The number of hydrazine groups is 1. The fraction of sp³-hybridized carbons (Fsp3) is 0.0476. The third kappa shape index (κ3) is 3.67. The molecule has 31 heavy (non-hydrogen) atoms. The zero-order valence-corrected chi connectivity index (χ0v) is 18.5. The van der Waals surface area contributed by atoms with E-state index in [0.717, 1.165) is 25.8 Å². The van der Waals surface area contributed by atoms with Crippen LogP contribution in [0.4, 0.5) is 5.82 Å². The molecule has 2 amide bonds. The van der Waals surface area contributed by atoms with Gasteiger partial charge in [0.25, 0.3) is 11.8 Å². The number of imide groups is 1. The Balaban J connectivity index is 0.00000231. The predicted molar refractivity (Wildman–Crippen MR) is 124 cm³/mol. The van der Waals surface area contributed by atoms with Crippen LogP contribution in [0.25, 0.3) is 32.0 Å². The molecule has 4 aromatic rings. The molecule has 1 aliphatic heterocycles. The van der Waals surface area contributed by atoms with Crippen molar-refractivity contribution in [1.29, 1.82) is 0 Å². The van der Waals surface area contributed by atoms with E-state index >= 15 is 0 Å². The molecular weight excluding hydrogens is 456 g/mol. The van der Waals surface area contributed by atoms with Gasteiger partial charge in [-0.05, 0) is 36.1 Å². The number of thiophene rings is 2. The fourth-order valence-corrected chi connectivity index (χ4v) is 4.80.